The summed E-state index contributed by atoms with van der Waals surface area (Å²) < 4.78 is 0. The number of thioether (sulfide) groups is 1. The van der Waals surface area contributed by atoms with Crippen LogP contribution in [0.4, 0.5) is 0 Å². The third-order valence-corrected chi connectivity index (χ3v) is 3.02. The molecule has 0 saturated carbocycles. The van der Waals surface area contributed by atoms with Crippen LogP contribution in [0.5, 0.6) is 0 Å². The smallest absolute Gasteiger partial charge is 0.0627 e. The van der Waals surface area contributed by atoms with Gasteiger partial charge in [-0.1, -0.05) is 6.92 Å². The Balaban J connectivity index is 3.24. The first-order valence-corrected chi connectivity index (χ1v) is 5.14. The van der Waals surface area contributed by atoms with Crippen LogP contribution in [0.3, 0.4) is 0 Å². The molecule has 0 radical (unpaired) electrons. The van der Waals surface area contributed by atoms with E-state index in [1.54, 1.807) is 11.8 Å². The molecule has 3 N–H and O–H groups in total. The summed E-state index contributed by atoms with van der Waals surface area (Å²) in [4.78, 5) is 0. The number of aliphatic hydroxyl groups is 1. The molecule has 0 aromatic heterocycles. The molecular formula is C8H19NOS. The standard InChI is InChI=1S/C8H19NOS/c1-6(9)4-5-11-8(3)7(2)10/h6-8,10H,4-5,9H2,1-3H3. The normalized spacial score (nSPS) is 19.4. The monoisotopic (exact) mass is 177 g/mol. The highest BCUT2D eigenvalue weighted by Gasteiger charge is 2.08. The van der Waals surface area contributed by atoms with Crippen molar-refractivity contribution in [1.29, 1.82) is 0 Å². The van der Waals surface area contributed by atoms with E-state index in [4.69, 9.17) is 10.8 Å². The van der Waals surface area contributed by atoms with Gasteiger partial charge in [-0.3, -0.25) is 0 Å². The topological polar surface area (TPSA) is 46.2 Å². The van der Waals surface area contributed by atoms with Gasteiger partial charge in [0.1, 0.15) is 0 Å². The second-order valence-corrected chi connectivity index (χ2v) is 4.57. The van der Waals surface area contributed by atoms with E-state index in [0.717, 1.165) is 12.2 Å². The Hall–Kier alpha value is 0.270. The van der Waals surface area contributed by atoms with Crippen molar-refractivity contribution in [3.8, 4) is 0 Å². The third-order valence-electron chi connectivity index (χ3n) is 1.63. The van der Waals surface area contributed by atoms with Crippen LogP contribution in [0.25, 0.3) is 0 Å². The van der Waals surface area contributed by atoms with Crippen LogP contribution in [0.15, 0.2) is 0 Å². The van der Waals surface area contributed by atoms with Crippen LogP contribution in [0, 0.1) is 0 Å². The molecule has 0 bridgehead atoms. The molecule has 0 aliphatic rings. The van der Waals surface area contributed by atoms with Crippen LogP contribution in [-0.4, -0.2) is 28.3 Å². The van der Waals surface area contributed by atoms with E-state index in [9.17, 15) is 0 Å². The lowest BCUT2D eigenvalue weighted by Gasteiger charge is -2.14. The Kier molecular flexibility index (Phi) is 6.01. The molecule has 0 rings (SSSR count). The summed E-state index contributed by atoms with van der Waals surface area (Å²) in [6, 6.07) is 0.281. The Morgan fingerprint density at radius 3 is 2.27 bits per heavy atom. The van der Waals surface area contributed by atoms with Crippen molar-refractivity contribution >= 4 is 11.8 Å². The molecule has 3 heteroatoms. The van der Waals surface area contributed by atoms with Gasteiger partial charge in [-0.25, -0.2) is 0 Å². The summed E-state index contributed by atoms with van der Waals surface area (Å²) in [5.41, 5.74) is 5.58. The fourth-order valence-electron chi connectivity index (χ4n) is 0.579. The Morgan fingerprint density at radius 1 is 1.36 bits per heavy atom. The van der Waals surface area contributed by atoms with Gasteiger partial charge in [0.05, 0.1) is 6.10 Å². The molecular weight excluding hydrogens is 158 g/mol. The molecule has 0 spiro atoms. The molecule has 0 aromatic rings. The zero-order valence-electron chi connectivity index (χ0n) is 7.58. The van der Waals surface area contributed by atoms with Gasteiger partial charge in [-0.15, -0.1) is 0 Å². The quantitative estimate of drug-likeness (QED) is 0.664. The van der Waals surface area contributed by atoms with E-state index in [0.29, 0.717) is 5.25 Å². The Bertz CT molecular complexity index is 96.1. The van der Waals surface area contributed by atoms with E-state index in [2.05, 4.69) is 0 Å². The lowest BCUT2D eigenvalue weighted by molar-refractivity contribution is 0.196. The minimum absolute atomic E-state index is 0.215. The maximum absolute atomic E-state index is 9.13. The molecule has 11 heavy (non-hydrogen) atoms. The molecule has 68 valence electrons. The maximum atomic E-state index is 9.13. The SMILES string of the molecule is CC(N)CCSC(C)C(C)O. The Labute approximate surface area is 73.6 Å². The summed E-state index contributed by atoms with van der Waals surface area (Å²) in [6.45, 7) is 5.87. The highest BCUT2D eigenvalue weighted by molar-refractivity contribution is 7.99. The summed E-state index contributed by atoms with van der Waals surface area (Å²) in [5.74, 6) is 1.05. The fourth-order valence-corrected chi connectivity index (χ4v) is 1.74. The highest BCUT2D eigenvalue weighted by atomic mass is 32.2. The van der Waals surface area contributed by atoms with Gasteiger partial charge in [0.2, 0.25) is 0 Å². The highest BCUT2D eigenvalue weighted by Crippen LogP contribution is 2.15. The van der Waals surface area contributed by atoms with Crippen LogP contribution in [0.1, 0.15) is 27.2 Å². The van der Waals surface area contributed by atoms with Gasteiger partial charge in [0, 0.05) is 11.3 Å². The average molecular weight is 177 g/mol. The van der Waals surface area contributed by atoms with Gasteiger partial charge >= 0.3 is 0 Å². The van der Waals surface area contributed by atoms with Crippen molar-refractivity contribution in [2.45, 2.75) is 44.6 Å². The molecule has 3 unspecified atom stereocenters. The molecule has 0 aliphatic carbocycles. The second-order valence-electron chi connectivity index (χ2n) is 3.08. The Morgan fingerprint density at radius 2 is 1.91 bits per heavy atom. The number of nitrogens with two attached hydrogens (primary N) is 1. The maximum Gasteiger partial charge on any atom is 0.0627 e. The first kappa shape index (κ1) is 11.3. The zero-order chi connectivity index (χ0) is 8.85. The number of hydrogen-bond acceptors (Lipinski definition) is 3. The van der Waals surface area contributed by atoms with Crippen molar-refractivity contribution in [1.82, 2.24) is 0 Å². The molecule has 2 nitrogen and oxygen atoms in total. The van der Waals surface area contributed by atoms with Crippen LogP contribution >= 0.6 is 11.8 Å². The van der Waals surface area contributed by atoms with Gasteiger partial charge in [0.15, 0.2) is 0 Å². The zero-order valence-corrected chi connectivity index (χ0v) is 8.40. The van der Waals surface area contributed by atoms with Crippen LogP contribution in [-0.2, 0) is 0 Å². The molecule has 0 heterocycles. The lowest BCUT2D eigenvalue weighted by atomic mass is 10.3. The molecule has 0 aliphatic heterocycles. The summed E-state index contributed by atoms with van der Waals surface area (Å²) in [7, 11) is 0. The first-order valence-electron chi connectivity index (χ1n) is 4.09. The molecule has 0 amide bonds. The molecule has 0 fully saturated rings. The van der Waals surface area contributed by atoms with Crippen LogP contribution in [0.2, 0.25) is 0 Å². The minimum atomic E-state index is -0.215. The van der Waals surface area contributed by atoms with Crippen molar-refractivity contribution in [2.75, 3.05) is 5.75 Å². The van der Waals surface area contributed by atoms with Gasteiger partial charge in [-0.05, 0) is 26.0 Å². The largest absolute Gasteiger partial charge is 0.392 e. The van der Waals surface area contributed by atoms with Gasteiger partial charge in [-0.2, -0.15) is 11.8 Å². The van der Waals surface area contributed by atoms with Crippen molar-refractivity contribution < 1.29 is 5.11 Å². The number of hydrogen-bond donors (Lipinski definition) is 2. The van der Waals surface area contributed by atoms with Crippen molar-refractivity contribution in [3.05, 3.63) is 0 Å². The van der Waals surface area contributed by atoms with E-state index >= 15 is 0 Å². The van der Waals surface area contributed by atoms with Crippen molar-refractivity contribution in [2.24, 2.45) is 5.73 Å². The van der Waals surface area contributed by atoms with Crippen molar-refractivity contribution in [3.63, 3.8) is 0 Å². The summed E-state index contributed by atoms with van der Waals surface area (Å²) in [5, 5.41) is 9.46. The molecule has 0 aromatic carbocycles. The van der Waals surface area contributed by atoms with E-state index in [1.807, 2.05) is 20.8 Å². The summed E-state index contributed by atoms with van der Waals surface area (Å²) in [6.07, 6.45) is 0.815. The van der Waals surface area contributed by atoms with Crippen LogP contribution < -0.4 is 5.73 Å². The van der Waals surface area contributed by atoms with E-state index < -0.39 is 0 Å². The predicted molar refractivity (Wildman–Crippen MR) is 51.9 cm³/mol. The molecule has 0 saturated heterocycles. The van der Waals surface area contributed by atoms with E-state index in [1.165, 1.54) is 0 Å². The second kappa shape index (κ2) is 5.86. The number of rotatable bonds is 5. The lowest BCUT2D eigenvalue weighted by Crippen LogP contribution is -2.19. The predicted octanol–water partition coefficient (Wildman–Crippen LogP) is 1.23. The average Bonchev–Trinajstić information content (AvgIpc) is 1.86. The first-order chi connectivity index (χ1) is 5.04. The minimum Gasteiger partial charge on any atom is -0.392 e. The molecule has 3 atom stereocenters. The fraction of sp³-hybridized carbons (Fsp3) is 1.00. The van der Waals surface area contributed by atoms with E-state index in [-0.39, 0.29) is 12.1 Å². The van der Waals surface area contributed by atoms with Gasteiger partial charge in [0.25, 0.3) is 0 Å². The third kappa shape index (κ3) is 6.66. The number of aliphatic hydroxyl groups excluding tert-OH is 1. The summed E-state index contributed by atoms with van der Waals surface area (Å²) >= 11 is 1.78. The van der Waals surface area contributed by atoms with Gasteiger partial charge < -0.3 is 10.8 Å².